The summed E-state index contributed by atoms with van der Waals surface area (Å²) < 4.78 is 5.41. The zero-order valence-corrected chi connectivity index (χ0v) is 11.9. The molecule has 0 fully saturated rings. The number of aldehydes is 1. The molecule has 3 aromatic rings. The molecule has 3 rings (SSSR count). The first-order valence-electron chi connectivity index (χ1n) is 6.90. The molecule has 21 heavy (non-hydrogen) atoms. The van der Waals surface area contributed by atoms with Crippen LogP contribution in [0.25, 0.3) is 10.8 Å². The smallest absolute Gasteiger partial charge is 0.150 e. The Morgan fingerprint density at radius 2 is 1.76 bits per heavy atom. The molecule has 2 nitrogen and oxygen atoms in total. The number of carbonyl (C=O) groups is 1. The zero-order chi connectivity index (χ0) is 14.7. The van der Waals surface area contributed by atoms with Gasteiger partial charge in [-0.1, -0.05) is 42.5 Å². The van der Waals surface area contributed by atoms with Gasteiger partial charge in [-0.3, -0.25) is 4.79 Å². The molecular weight excluding hydrogens is 260 g/mol. The molecule has 2 heteroatoms. The van der Waals surface area contributed by atoms with E-state index in [-0.39, 0.29) is 0 Å². The molecule has 0 amide bonds. The number of fused-ring (bicyclic) bond motifs is 1. The van der Waals surface area contributed by atoms with Crippen LogP contribution >= 0.6 is 0 Å². The van der Waals surface area contributed by atoms with Gasteiger partial charge in [-0.15, -0.1) is 0 Å². The lowest BCUT2D eigenvalue weighted by molar-refractivity contribution is 0.112. The van der Waals surface area contributed by atoms with E-state index in [0.717, 1.165) is 24.0 Å². The Kier molecular flexibility index (Phi) is 3.69. The Morgan fingerprint density at radius 1 is 0.952 bits per heavy atom. The fourth-order valence-electron chi connectivity index (χ4n) is 2.66. The monoisotopic (exact) mass is 276 g/mol. The van der Waals surface area contributed by atoms with Crippen LogP contribution in [-0.4, -0.2) is 13.4 Å². The lowest BCUT2D eigenvalue weighted by Crippen LogP contribution is -1.96. The third kappa shape index (κ3) is 2.65. The van der Waals surface area contributed by atoms with Gasteiger partial charge in [0, 0.05) is 12.0 Å². The van der Waals surface area contributed by atoms with Crippen molar-refractivity contribution < 1.29 is 9.53 Å². The summed E-state index contributed by atoms with van der Waals surface area (Å²) in [6.45, 7) is 0. The van der Waals surface area contributed by atoms with Crippen LogP contribution in [0.4, 0.5) is 0 Å². The molecule has 0 heterocycles. The van der Waals surface area contributed by atoms with Gasteiger partial charge < -0.3 is 4.74 Å². The molecule has 0 aromatic heterocycles. The molecule has 3 aromatic carbocycles. The van der Waals surface area contributed by atoms with Crippen LogP contribution in [0.1, 0.15) is 21.5 Å². The average molecular weight is 276 g/mol. The summed E-state index contributed by atoms with van der Waals surface area (Å²) in [6, 6.07) is 20.1. The highest BCUT2D eigenvalue weighted by Gasteiger charge is 2.08. The Labute approximate surface area is 124 Å². The SMILES string of the molecule is COc1ccc(C=O)cc1Cc1cccc2ccccc12. The van der Waals surface area contributed by atoms with Crippen molar-refractivity contribution in [1.29, 1.82) is 0 Å². The van der Waals surface area contributed by atoms with Crippen LogP contribution in [0.5, 0.6) is 5.75 Å². The molecule has 0 aliphatic carbocycles. The van der Waals surface area contributed by atoms with Gasteiger partial charge in [-0.2, -0.15) is 0 Å². The van der Waals surface area contributed by atoms with Crippen molar-refractivity contribution in [3.63, 3.8) is 0 Å². The fourth-order valence-corrected chi connectivity index (χ4v) is 2.66. The number of ether oxygens (including phenoxy) is 1. The van der Waals surface area contributed by atoms with Crippen LogP contribution < -0.4 is 4.74 Å². The Morgan fingerprint density at radius 3 is 2.57 bits per heavy atom. The predicted molar refractivity (Wildman–Crippen MR) is 85.1 cm³/mol. The minimum Gasteiger partial charge on any atom is -0.496 e. The third-order valence-electron chi connectivity index (χ3n) is 3.70. The van der Waals surface area contributed by atoms with Gasteiger partial charge in [-0.25, -0.2) is 0 Å². The van der Waals surface area contributed by atoms with E-state index in [4.69, 9.17) is 4.74 Å². The summed E-state index contributed by atoms with van der Waals surface area (Å²) in [6.07, 6.45) is 1.61. The highest BCUT2D eigenvalue weighted by molar-refractivity contribution is 5.86. The summed E-state index contributed by atoms with van der Waals surface area (Å²) in [5, 5.41) is 2.46. The minimum absolute atomic E-state index is 0.672. The molecule has 0 spiro atoms. The van der Waals surface area contributed by atoms with E-state index in [1.165, 1.54) is 16.3 Å². The number of hydrogen-bond donors (Lipinski definition) is 0. The number of benzene rings is 3. The molecule has 0 atom stereocenters. The van der Waals surface area contributed by atoms with Gasteiger partial charge in [0.25, 0.3) is 0 Å². The molecule has 0 radical (unpaired) electrons. The maximum absolute atomic E-state index is 11.0. The van der Waals surface area contributed by atoms with Crippen LogP contribution in [0, 0.1) is 0 Å². The van der Waals surface area contributed by atoms with Crippen LogP contribution in [0.15, 0.2) is 60.7 Å². The standard InChI is InChI=1S/C19H16O2/c1-21-19-10-9-14(13-20)11-17(19)12-16-7-4-6-15-5-2-3-8-18(15)16/h2-11,13H,12H2,1H3. The quantitative estimate of drug-likeness (QED) is 0.666. The molecule has 0 saturated carbocycles. The molecule has 0 N–H and O–H groups in total. The van der Waals surface area contributed by atoms with E-state index in [2.05, 4.69) is 30.3 Å². The Hall–Kier alpha value is -2.61. The van der Waals surface area contributed by atoms with Gasteiger partial charge in [-0.05, 0) is 40.1 Å². The molecule has 0 saturated heterocycles. The Balaban J connectivity index is 2.08. The van der Waals surface area contributed by atoms with Crippen molar-refractivity contribution in [3.8, 4) is 5.75 Å². The topological polar surface area (TPSA) is 26.3 Å². The van der Waals surface area contributed by atoms with E-state index in [0.29, 0.717) is 5.56 Å². The third-order valence-corrected chi connectivity index (χ3v) is 3.70. The van der Waals surface area contributed by atoms with Crippen molar-refractivity contribution in [2.75, 3.05) is 7.11 Å². The highest BCUT2D eigenvalue weighted by Crippen LogP contribution is 2.26. The van der Waals surface area contributed by atoms with Gasteiger partial charge in [0.05, 0.1) is 7.11 Å². The largest absolute Gasteiger partial charge is 0.496 e. The number of rotatable bonds is 4. The van der Waals surface area contributed by atoms with Gasteiger partial charge in [0.2, 0.25) is 0 Å². The fraction of sp³-hybridized carbons (Fsp3) is 0.105. The van der Waals surface area contributed by atoms with E-state index in [1.54, 1.807) is 13.2 Å². The molecule has 0 aliphatic heterocycles. The molecule has 0 bridgehead atoms. The van der Waals surface area contributed by atoms with Crippen molar-refractivity contribution in [1.82, 2.24) is 0 Å². The highest BCUT2D eigenvalue weighted by atomic mass is 16.5. The lowest BCUT2D eigenvalue weighted by Gasteiger charge is -2.11. The lowest BCUT2D eigenvalue weighted by atomic mass is 9.97. The summed E-state index contributed by atoms with van der Waals surface area (Å²) in [7, 11) is 1.66. The van der Waals surface area contributed by atoms with E-state index in [9.17, 15) is 4.79 Å². The second-order valence-electron chi connectivity index (χ2n) is 5.00. The first kappa shape index (κ1) is 13.4. The van der Waals surface area contributed by atoms with E-state index < -0.39 is 0 Å². The van der Waals surface area contributed by atoms with Gasteiger partial charge >= 0.3 is 0 Å². The second-order valence-corrected chi connectivity index (χ2v) is 5.00. The Bertz CT molecular complexity index is 785. The van der Waals surface area contributed by atoms with E-state index in [1.807, 2.05) is 24.3 Å². The van der Waals surface area contributed by atoms with Crippen molar-refractivity contribution in [2.45, 2.75) is 6.42 Å². The number of methoxy groups -OCH3 is 1. The van der Waals surface area contributed by atoms with Crippen molar-refractivity contribution in [2.24, 2.45) is 0 Å². The first-order valence-corrected chi connectivity index (χ1v) is 6.90. The molecular formula is C19H16O2. The predicted octanol–water partition coefficient (Wildman–Crippen LogP) is 4.25. The van der Waals surface area contributed by atoms with Gasteiger partial charge in [0.15, 0.2) is 0 Å². The van der Waals surface area contributed by atoms with Crippen molar-refractivity contribution >= 4 is 17.1 Å². The first-order chi connectivity index (χ1) is 10.3. The minimum atomic E-state index is 0.672. The molecule has 0 unspecified atom stereocenters. The number of hydrogen-bond acceptors (Lipinski definition) is 2. The summed E-state index contributed by atoms with van der Waals surface area (Å²) in [5.74, 6) is 0.813. The van der Waals surface area contributed by atoms with Crippen LogP contribution in [0.2, 0.25) is 0 Å². The maximum atomic E-state index is 11.0. The normalized spacial score (nSPS) is 10.5. The summed E-state index contributed by atoms with van der Waals surface area (Å²) in [4.78, 5) is 11.0. The zero-order valence-electron chi connectivity index (χ0n) is 11.9. The van der Waals surface area contributed by atoms with Crippen LogP contribution in [-0.2, 0) is 6.42 Å². The molecule has 104 valence electrons. The van der Waals surface area contributed by atoms with E-state index >= 15 is 0 Å². The second kappa shape index (κ2) is 5.80. The van der Waals surface area contributed by atoms with Crippen molar-refractivity contribution in [3.05, 3.63) is 77.4 Å². The number of carbonyl (C=O) groups excluding carboxylic acids is 1. The maximum Gasteiger partial charge on any atom is 0.150 e. The summed E-state index contributed by atoms with van der Waals surface area (Å²) >= 11 is 0. The van der Waals surface area contributed by atoms with Gasteiger partial charge in [0.1, 0.15) is 12.0 Å². The summed E-state index contributed by atoms with van der Waals surface area (Å²) in [5.41, 5.74) is 2.93. The molecule has 0 aliphatic rings. The average Bonchev–Trinajstić information content (AvgIpc) is 2.55. The van der Waals surface area contributed by atoms with Crippen LogP contribution in [0.3, 0.4) is 0 Å².